The number of hydrogen-bond donors (Lipinski definition) is 2. The minimum Gasteiger partial charge on any atom is -0.316 e. The molecule has 0 amide bonds. The molecule has 3 rings (SSSR count). The van der Waals surface area contributed by atoms with Crippen LogP contribution < -0.4 is 5.56 Å². The van der Waals surface area contributed by atoms with Crippen LogP contribution in [-0.2, 0) is 0 Å². The molecule has 0 saturated carbocycles. The molecular weight excluding hydrogens is 246 g/mol. The van der Waals surface area contributed by atoms with E-state index in [0.29, 0.717) is 11.0 Å². The van der Waals surface area contributed by atoms with E-state index in [1.807, 2.05) is 36.4 Å². The normalized spacial score (nSPS) is 10.7. The summed E-state index contributed by atoms with van der Waals surface area (Å²) in [4.78, 5) is 21.6. The molecule has 0 fully saturated rings. The van der Waals surface area contributed by atoms with Gasteiger partial charge in [-0.3, -0.25) is 9.78 Å². The highest BCUT2D eigenvalue weighted by atomic mass is 32.1. The zero-order valence-corrected chi connectivity index (χ0v) is 10.1. The fourth-order valence-corrected chi connectivity index (χ4v) is 2.14. The second-order valence-corrected chi connectivity index (χ2v) is 4.26. The molecule has 3 aromatic rings. The Hall–Kier alpha value is -2.27. The van der Waals surface area contributed by atoms with Crippen molar-refractivity contribution in [2.75, 3.05) is 0 Å². The predicted molar refractivity (Wildman–Crippen MR) is 73.0 cm³/mol. The molecule has 0 aliphatic carbocycles. The number of hydrogen-bond acceptors (Lipinski definition) is 3. The lowest BCUT2D eigenvalue weighted by molar-refractivity contribution is 1.11. The van der Waals surface area contributed by atoms with Crippen molar-refractivity contribution in [1.29, 1.82) is 0 Å². The maximum absolute atomic E-state index is 12.0. The Labute approximate surface area is 107 Å². The van der Waals surface area contributed by atoms with Gasteiger partial charge in [-0.2, -0.15) is 0 Å². The number of nitrogens with one attached hydrogen (secondary N) is 2. The maximum Gasteiger partial charge on any atom is 0.261 e. The molecule has 18 heavy (non-hydrogen) atoms. The molecule has 0 atom stereocenters. The number of aromatic amines is 2. The molecule has 0 aliphatic heterocycles. The van der Waals surface area contributed by atoms with Crippen molar-refractivity contribution < 1.29 is 0 Å². The Balaban J connectivity index is 2.45. The average molecular weight is 255 g/mol. The van der Waals surface area contributed by atoms with Crippen LogP contribution >= 0.6 is 12.2 Å². The zero-order chi connectivity index (χ0) is 12.5. The highest BCUT2D eigenvalue weighted by molar-refractivity contribution is 7.71. The van der Waals surface area contributed by atoms with Crippen LogP contribution in [-0.4, -0.2) is 15.0 Å². The molecule has 1 aromatic carbocycles. The number of aromatic nitrogens is 3. The summed E-state index contributed by atoms with van der Waals surface area (Å²) in [5, 5.41) is 0.525. The van der Waals surface area contributed by atoms with Crippen LogP contribution in [0.3, 0.4) is 0 Å². The molecule has 0 saturated heterocycles. The molecule has 0 radical (unpaired) electrons. The van der Waals surface area contributed by atoms with Gasteiger partial charge in [-0.1, -0.05) is 30.3 Å². The monoisotopic (exact) mass is 255 g/mol. The molecule has 0 aliphatic rings. The number of H-pyrrole nitrogens is 2. The summed E-state index contributed by atoms with van der Waals surface area (Å²) in [6.07, 6.45) is 1.66. The first kappa shape index (κ1) is 10.9. The second-order valence-electron chi connectivity index (χ2n) is 3.86. The van der Waals surface area contributed by atoms with Crippen LogP contribution in [0.1, 0.15) is 0 Å². The van der Waals surface area contributed by atoms with Crippen molar-refractivity contribution in [3.63, 3.8) is 0 Å². The minimum absolute atomic E-state index is 0.222. The molecule has 0 unspecified atom stereocenters. The summed E-state index contributed by atoms with van der Waals surface area (Å²) in [5.41, 5.74) is 2.10. The van der Waals surface area contributed by atoms with Crippen molar-refractivity contribution in [2.24, 2.45) is 0 Å². The third-order valence-corrected chi connectivity index (χ3v) is 2.93. The summed E-state index contributed by atoms with van der Waals surface area (Å²) in [6, 6.07) is 11.5. The molecule has 5 heteroatoms. The van der Waals surface area contributed by atoms with E-state index in [0.717, 1.165) is 11.1 Å². The predicted octanol–water partition coefficient (Wildman–Crippen LogP) is 2.65. The van der Waals surface area contributed by atoms with E-state index in [2.05, 4.69) is 15.0 Å². The van der Waals surface area contributed by atoms with E-state index in [9.17, 15) is 4.79 Å². The van der Waals surface area contributed by atoms with E-state index < -0.39 is 0 Å². The van der Waals surface area contributed by atoms with Gasteiger partial charge >= 0.3 is 0 Å². The molecule has 4 nitrogen and oxygen atoms in total. The first-order valence-corrected chi connectivity index (χ1v) is 5.83. The van der Waals surface area contributed by atoms with E-state index in [1.165, 1.54) is 0 Å². The summed E-state index contributed by atoms with van der Waals surface area (Å²) in [7, 11) is 0. The highest BCUT2D eigenvalue weighted by Gasteiger charge is 2.08. The van der Waals surface area contributed by atoms with Gasteiger partial charge < -0.3 is 4.98 Å². The SMILES string of the molecule is O=c1[nH]c(=S)[nH]c2nccc(-c3ccccc3)c12. The van der Waals surface area contributed by atoms with Gasteiger partial charge in [0.1, 0.15) is 5.65 Å². The largest absolute Gasteiger partial charge is 0.316 e. The molecular formula is C13H9N3OS. The van der Waals surface area contributed by atoms with Crippen LogP contribution in [0.5, 0.6) is 0 Å². The fraction of sp³-hybridized carbons (Fsp3) is 0. The van der Waals surface area contributed by atoms with Gasteiger partial charge in [-0.05, 0) is 29.4 Å². The van der Waals surface area contributed by atoms with Crippen molar-refractivity contribution >= 4 is 23.3 Å². The fourth-order valence-electron chi connectivity index (χ4n) is 1.95. The number of rotatable bonds is 1. The first-order valence-electron chi connectivity index (χ1n) is 5.42. The van der Waals surface area contributed by atoms with E-state index in [4.69, 9.17) is 12.2 Å². The molecule has 2 N–H and O–H groups in total. The van der Waals surface area contributed by atoms with Crippen LogP contribution in [0.15, 0.2) is 47.4 Å². The number of fused-ring (bicyclic) bond motifs is 1. The van der Waals surface area contributed by atoms with Gasteiger partial charge in [-0.15, -0.1) is 0 Å². The lowest BCUT2D eigenvalue weighted by atomic mass is 10.0. The third-order valence-electron chi connectivity index (χ3n) is 2.72. The van der Waals surface area contributed by atoms with Gasteiger partial charge in [0.15, 0.2) is 4.77 Å². The smallest absolute Gasteiger partial charge is 0.261 e. The van der Waals surface area contributed by atoms with Crippen molar-refractivity contribution in [2.45, 2.75) is 0 Å². The third kappa shape index (κ3) is 1.74. The van der Waals surface area contributed by atoms with E-state index in [-0.39, 0.29) is 10.3 Å². The molecule has 2 heterocycles. The summed E-state index contributed by atoms with van der Waals surface area (Å²) in [5.74, 6) is 0. The van der Waals surface area contributed by atoms with E-state index in [1.54, 1.807) is 6.20 Å². The zero-order valence-electron chi connectivity index (χ0n) is 9.31. The first-order chi connectivity index (χ1) is 8.75. The Morgan fingerprint density at radius 3 is 2.61 bits per heavy atom. The van der Waals surface area contributed by atoms with Crippen LogP contribution in [0.4, 0.5) is 0 Å². The van der Waals surface area contributed by atoms with Gasteiger partial charge in [-0.25, -0.2) is 4.98 Å². The van der Waals surface area contributed by atoms with Gasteiger partial charge in [0.25, 0.3) is 5.56 Å². The quantitative estimate of drug-likeness (QED) is 0.657. The summed E-state index contributed by atoms with van der Waals surface area (Å²) < 4.78 is 0.283. The van der Waals surface area contributed by atoms with Crippen molar-refractivity contribution in [1.82, 2.24) is 15.0 Å². The second kappa shape index (κ2) is 4.19. The lowest BCUT2D eigenvalue weighted by Gasteiger charge is -2.04. The maximum atomic E-state index is 12.0. The van der Waals surface area contributed by atoms with Gasteiger partial charge in [0.2, 0.25) is 0 Å². The summed E-state index contributed by atoms with van der Waals surface area (Å²) >= 11 is 4.94. The average Bonchev–Trinajstić information content (AvgIpc) is 2.38. The Morgan fingerprint density at radius 2 is 1.83 bits per heavy atom. The lowest BCUT2D eigenvalue weighted by Crippen LogP contribution is -2.09. The number of benzene rings is 1. The number of pyridine rings is 1. The standard InChI is InChI=1S/C13H9N3OS/c17-12-10-9(8-4-2-1-3-5-8)6-7-14-11(10)15-13(18)16-12/h1-7H,(H2,14,15,16,17,18). The van der Waals surface area contributed by atoms with E-state index >= 15 is 0 Å². The molecule has 88 valence electrons. The molecule has 2 aromatic heterocycles. The van der Waals surface area contributed by atoms with Crippen LogP contribution in [0.2, 0.25) is 0 Å². The topological polar surface area (TPSA) is 61.5 Å². The van der Waals surface area contributed by atoms with Crippen molar-refractivity contribution in [3.05, 3.63) is 57.7 Å². The van der Waals surface area contributed by atoms with Crippen LogP contribution in [0, 0.1) is 4.77 Å². The Bertz CT molecular complexity index is 821. The number of nitrogens with zero attached hydrogens (tertiary/aromatic N) is 1. The Kier molecular flexibility index (Phi) is 2.53. The van der Waals surface area contributed by atoms with Crippen molar-refractivity contribution in [3.8, 4) is 11.1 Å². The minimum atomic E-state index is -0.222. The van der Waals surface area contributed by atoms with Gasteiger partial charge in [0.05, 0.1) is 5.39 Å². The van der Waals surface area contributed by atoms with Crippen LogP contribution in [0.25, 0.3) is 22.2 Å². The Morgan fingerprint density at radius 1 is 1.06 bits per heavy atom. The molecule has 0 spiro atoms. The molecule has 0 bridgehead atoms. The summed E-state index contributed by atoms with van der Waals surface area (Å²) in [6.45, 7) is 0. The van der Waals surface area contributed by atoms with Gasteiger partial charge in [0, 0.05) is 6.20 Å². The highest BCUT2D eigenvalue weighted by Crippen LogP contribution is 2.23.